The quantitative estimate of drug-likeness (QED) is 0.757. The maximum Gasteiger partial charge on any atom is 0.225 e. The second-order valence-electron chi connectivity index (χ2n) is 4.81. The maximum atomic E-state index is 10.9. The van der Waals surface area contributed by atoms with E-state index in [4.69, 9.17) is 16.3 Å². The molecule has 1 unspecified atom stereocenters. The molecule has 0 spiro atoms. The zero-order chi connectivity index (χ0) is 13.7. The lowest BCUT2D eigenvalue weighted by atomic mass is 9.88. The van der Waals surface area contributed by atoms with Crippen LogP contribution in [-0.2, 0) is 4.79 Å². The molecule has 0 bridgehead atoms. The van der Waals surface area contributed by atoms with Gasteiger partial charge >= 0.3 is 0 Å². The van der Waals surface area contributed by atoms with Crippen molar-refractivity contribution >= 4 is 16.8 Å². The van der Waals surface area contributed by atoms with Crippen molar-refractivity contribution in [1.29, 1.82) is 0 Å². The van der Waals surface area contributed by atoms with Crippen molar-refractivity contribution in [3.63, 3.8) is 0 Å². The van der Waals surface area contributed by atoms with Crippen molar-refractivity contribution in [2.45, 2.75) is 19.8 Å². The number of halogens is 1. The molecule has 2 nitrogen and oxygen atoms in total. The summed E-state index contributed by atoms with van der Waals surface area (Å²) in [5.74, 6) is 1.26. The second-order valence-corrected chi connectivity index (χ2v) is 5.23. The number of hydrogen-bond acceptors (Lipinski definition) is 2. The Bertz CT molecular complexity index is 503. The highest BCUT2D eigenvalue weighted by Crippen LogP contribution is 2.27. The molecule has 1 atom stereocenters. The number of carbonyl (C=O) groups is 1. The first kappa shape index (κ1) is 13.9. The molecule has 2 rings (SSSR count). The smallest absolute Gasteiger partial charge is 0.225 e. The molecule has 0 amide bonds. The summed E-state index contributed by atoms with van der Waals surface area (Å²) in [7, 11) is 0. The summed E-state index contributed by atoms with van der Waals surface area (Å²) >= 11 is 5.41. The van der Waals surface area contributed by atoms with E-state index < -0.39 is 0 Å². The molecule has 0 radical (unpaired) electrons. The number of benzene rings is 1. The number of allylic oxidation sites excluding steroid dienone is 3. The second kappa shape index (κ2) is 6.58. The van der Waals surface area contributed by atoms with Crippen LogP contribution < -0.4 is 4.74 Å². The minimum atomic E-state index is -0.296. The van der Waals surface area contributed by atoms with Crippen LogP contribution >= 0.6 is 11.6 Å². The average Bonchev–Trinajstić information content (AvgIpc) is 2.38. The van der Waals surface area contributed by atoms with E-state index in [2.05, 4.69) is 6.92 Å². The van der Waals surface area contributed by atoms with Gasteiger partial charge in [0, 0.05) is 6.42 Å². The normalized spacial score (nSPS) is 18.5. The van der Waals surface area contributed by atoms with Crippen molar-refractivity contribution in [3.8, 4) is 5.75 Å². The molecule has 0 N–H and O–H groups in total. The van der Waals surface area contributed by atoms with E-state index in [1.54, 1.807) is 0 Å². The van der Waals surface area contributed by atoms with Gasteiger partial charge in [0.05, 0.1) is 0 Å². The van der Waals surface area contributed by atoms with E-state index in [1.807, 2.05) is 42.5 Å². The Hall–Kier alpha value is -1.54. The number of para-hydroxylation sites is 1. The van der Waals surface area contributed by atoms with Crippen molar-refractivity contribution in [1.82, 2.24) is 0 Å². The molecular weight excluding hydrogens is 260 g/mol. The molecule has 3 heteroatoms. The van der Waals surface area contributed by atoms with Crippen LogP contribution in [0.2, 0.25) is 0 Å². The first-order valence-electron chi connectivity index (χ1n) is 6.40. The Balaban J connectivity index is 1.95. The summed E-state index contributed by atoms with van der Waals surface area (Å²) in [5, 5.41) is -0.296. The van der Waals surface area contributed by atoms with Crippen LogP contribution in [-0.4, -0.2) is 11.8 Å². The van der Waals surface area contributed by atoms with Gasteiger partial charge in [-0.2, -0.15) is 0 Å². The summed E-state index contributed by atoms with van der Waals surface area (Å²) in [4.78, 5) is 10.9. The molecule has 0 saturated carbocycles. The van der Waals surface area contributed by atoms with Gasteiger partial charge in [-0.1, -0.05) is 42.8 Å². The van der Waals surface area contributed by atoms with Crippen LogP contribution in [0, 0.1) is 5.92 Å². The number of hydrogen-bond donors (Lipinski definition) is 0. The first-order valence-corrected chi connectivity index (χ1v) is 6.77. The predicted octanol–water partition coefficient (Wildman–Crippen LogP) is 4.11. The van der Waals surface area contributed by atoms with E-state index >= 15 is 0 Å². The Morgan fingerprint density at radius 3 is 2.68 bits per heavy atom. The molecule has 1 aliphatic rings. The van der Waals surface area contributed by atoms with Gasteiger partial charge in [-0.15, -0.1) is 0 Å². The first-order chi connectivity index (χ1) is 9.15. The lowest BCUT2D eigenvalue weighted by molar-refractivity contribution is -0.111. The fraction of sp³-hybridized carbons (Fsp3) is 0.312. The summed E-state index contributed by atoms with van der Waals surface area (Å²) in [5.41, 5.74) is 2.34. The van der Waals surface area contributed by atoms with E-state index in [1.165, 1.54) is 5.57 Å². The minimum Gasteiger partial charge on any atom is -0.489 e. The molecule has 0 aromatic heterocycles. The molecular formula is C16H17ClO2. The minimum absolute atomic E-state index is 0.296. The van der Waals surface area contributed by atoms with Crippen LogP contribution in [0.15, 0.2) is 53.6 Å². The van der Waals surface area contributed by atoms with Crippen LogP contribution in [0.5, 0.6) is 5.75 Å². The Morgan fingerprint density at radius 2 is 2.05 bits per heavy atom. The van der Waals surface area contributed by atoms with Crippen LogP contribution in [0.3, 0.4) is 0 Å². The molecule has 0 saturated heterocycles. The summed E-state index contributed by atoms with van der Waals surface area (Å²) in [6.07, 6.45) is 5.26. The van der Waals surface area contributed by atoms with Crippen molar-refractivity contribution < 1.29 is 9.53 Å². The van der Waals surface area contributed by atoms with Gasteiger partial charge in [0.15, 0.2) is 0 Å². The zero-order valence-electron chi connectivity index (χ0n) is 10.9. The SMILES string of the molecule is CC1CC(CC(=O)Cl)=CC=C1COc1ccccc1. The molecule has 0 fully saturated rings. The fourth-order valence-electron chi connectivity index (χ4n) is 2.16. The Kier molecular flexibility index (Phi) is 4.80. The molecule has 1 aromatic rings. The largest absolute Gasteiger partial charge is 0.489 e. The number of carbonyl (C=O) groups excluding carboxylic acids is 1. The van der Waals surface area contributed by atoms with Gasteiger partial charge in [0.25, 0.3) is 0 Å². The van der Waals surface area contributed by atoms with Crippen molar-refractivity contribution in [3.05, 3.63) is 53.6 Å². The van der Waals surface area contributed by atoms with Crippen molar-refractivity contribution in [2.75, 3.05) is 6.61 Å². The monoisotopic (exact) mass is 276 g/mol. The Morgan fingerprint density at radius 1 is 1.32 bits per heavy atom. The summed E-state index contributed by atoms with van der Waals surface area (Å²) < 4.78 is 5.74. The van der Waals surface area contributed by atoms with Gasteiger partial charge in [0.1, 0.15) is 12.4 Å². The average molecular weight is 277 g/mol. The van der Waals surface area contributed by atoms with Gasteiger partial charge in [-0.25, -0.2) is 0 Å². The highest BCUT2D eigenvalue weighted by molar-refractivity contribution is 6.63. The topological polar surface area (TPSA) is 26.3 Å². The highest BCUT2D eigenvalue weighted by atomic mass is 35.5. The molecule has 100 valence electrons. The molecule has 1 aliphatic carbocycles. The summed E-state index contributed by atoms with van der Waals surface area (Å²) in [6, 6.07) is 9.77. The lowest BCUT2D eigenvalue weighted by Gasteiger charge is -2.21. The van der Waals surface area contributed by atoms with E-state index in [0.29, 0.717) is 18.9 Å². The third kappa shape index (κ3) is 4.25. The van der Waals surface area contributed by atoms with Crippen molar-refractivity contribution in [2.24, 2.45) is 5.92 Å². The third-order valence-electron chi connectivity index (χ3n) is 3.25. The summed E-state index contributed by atoms with van der Waals surface area (Å²) in [6.45, 7) is 2.73. The van der Waals surface area contributed by atoms with Gasteiger partial charge in [-0.05, 0) is 41.6 Å². The fourth-order valence-corrected chi connectivity index (χ4v) is 2.34. The van der Waals surface area contributed by atoms with Gasteiger partial charge in [0.2, 0.25) is 5.24 Å². The van der Waals surface area contributed by atoms with Gasteiger partial charge in [-0.3, -0.25) is 4.79 Å². The molecule has 1 aromatic carbocycles. The van der Waals surface area contributed by atoms with E-state index in [9.17, 15) is 4.79 Å². The maximum absolute atomic E-state index is 10.9. The molecule has 19 heavy (non-hydrogen) atoms. The number of ether oxygens (including phenoxy) is 1. The predicted molar refractivity (Wildman–Crippen MR) is 77.4 cm³/mol. The highest BCUT2D eigenvalue weighted by Gasteiger charge is 2.16. The zero-order valence-corrected chi connectivity index (χ0v) is 11.7. The molecule has 0 heterocycles. The lowest BCUT2D eigenvalue weighted by Crippen LogP contribution is -2.13. The van der Waals surface area contributed by atoms with Crippen LogP contribution in [0.4, 0.5) is 0 Å². The molecule has 0 aliphatic heterocycles. The van der Waals surface area contributed by atoms with Gasteiger partial charge < -0.3 is 4.74 Å². The van der Waals surface area contributed by atoms with E-state index in [0.717, 1.165) is 17.7 Å². The standard InChI is InChI=1S/C16H17ClO2/c1-12-9-13(10-16(17)18)7-8-14(12)11-19-15-5-3-2-4-6-15/h2-8,12H,9-11H2,1H3. The number of rotatable bonds is 5. The van der Waals surface area contributed by atoms with E-state index in [-0.39, 0.29) is 5.24 Å². The third-order valence-corrected chi connectivity index (χ3v) is 3.38. The van der Waals surface area contributed by atoms with Crippen LogP contribution in [0.1, 0.15) is 19.8 Å². The Labute approximate surface area is 118 Å². The van der Waals surface area contributed by atoms with Crippen LogP contribution in [0.25, 0.3) is 0 Å².